The molecule has 6 unspecified atom stereocenters. The van der Waals surface area contributed by atoms with Crippen molar-refractivity contribution in [3.8, 4) is 23.3 Å². The SMILES string of the molecule is CC(C)=CCCC1(C)C=Cc2c(c(CC=C(C)C)c3c(c2O[C@H]2O[C@@H](CO)[C@H](O)[C@@H](O)[C@@H]2O)C2=C4C(C(C#N)=C(N)N2)C2CC5C(C)(C)OC(C/C=C(/C)C(=O)NCCO)(C2=O)C45O3)O1. The van der Waals surface area contributed by atoms with Crippen LogP contribution >= 0.6 is 0 Å². The number of aliphatic hydroxyl groups is 5. The molecule has 2 saturated heterocycles. The van der Waals surface area contributed by atoms with Crippen LogP contribution in [0.3, 0.4) is 0 Å². The second kappa shape index (κ2) is 16.7. The van der Waals surface area contributed by atoms with E-state index in [1.807, 2.05) is 66.7 Å². The van der Waals surface area contributed by atoms with E-state index in [-0.39, 0.29) is 54.7 Å². The molecule has 5 heterocycles. The second-order valence-corrected chi connectivity index (χ2v) is 19.7. The van der Waals surface area contributed by atoms with E-state index in [0.29, 0.717) is 58.5 Å². The van der Waals surface area contributed by atoms with Gasteiger partial charge in [0.2, 0.25) is 12.2 Å². The molecule has 11 atom stereocenters. The van der Waals surface area contributed by atoms with Gasteiger partial charge in [-0.3, -0.25) is 9.59 Å². The van der Waals surface area contributed by atoms with Gasteiger partial charge in [-0.15, -0.1) is 0 Å². The van der Waals surface area contributed by atoms with Crippen LogP contribution in [0.15, 0.2) is 58.0 Å². The van der Waals surface area contributed by atoms with Crippen LogP contribution in [-0.2, 0) is 25.5 Å². The molecule has 1 aromatic carbocycles. The molecule has 4 bridgehead atoms. The normalized spacial score (nSPS) is 34.6. The molecule has 8 aliphatic rings. The Kier molecular flexibility index (Phi) is 12.0. The molecule has 9 rings (SSSR count). The predicted octanol–water partition coefficient (Wildman–Crippen LogP) is 3.25. The van der Waals surface area contributed by atoms with Gasteiger partial charge in [-0.1, -0.05) is 29.4 Å². The van der Waals surface area contributed by atoms with Crippen LogP contribution in [0.25, 0.3) is 11.8 Å². The number of nitrogens with one attached hydrogen (secondary N) is 2. The molecule has 0 aromatic heterocycles. The number of nitrogens with two attached hydrogens (primary N) is 1. The van der Waals surface area contributed by atoms with Crippen molar-refractivity contribution in [1.82, 2.24) is 10.6 Å². The van der Waals surface area contributed by atoms with Gasteiger partial charge < -0.3 is 65.6 Å². The van der Waals surface area contributed by atoms with Crippen LogP contribution < -0.4 is 30.6 Å². The number of rotatable bonds is 13. The Morgan fingerprint density at radius 2 is 1.75 bits per heavy atom. The third kappa shape index (κ3) is 7.13. The van der Waals surface area contributed by atoms with Gasteiger partial charge in [0.15, 0.2) is 17.0 Å². The maximum atomic E-state index is 15.5. The largest absolute Gasteiger partial charge is 0.482 e. The number of nitrogens with zero attached hydrogens (tertiary/aromatic N) is 1. The Bertz CT molecular complexity index is 2420. The zero-order valence-electron chi connectivity index (χ0n) is 38.3. The Morgan fingerprint density at radius 1 is 1.03 bits per heavy atom. The number of aliphatic hydroxyl groups excluding tert-OH is 5. The van der Waals surface area contributed by atoms with E-state index < -0.39 is 83.4 Å². The first kappa shape index (κ1) is 46.5. The highest BCUT2D eigenvalue weighted by atomic mass is 16.7. The second-order valence-electron chi connectivity index (χ2n) is 19.7. The maximum Gasteiger partial charge on any atom is 0.246 e. The first-order valence-electron chi connectivity index (χ1n) is 22.5. The highest BCUT2D eigenvalue weighted by molar-refractivity contribution is 6.02. The highest BCUT2D eigenvalue weighted by Crippen LogP contribution is 2.73. The molecule has 3 aliphatic carbocycles. The molecule has 1 aromatic rings. The van der Waals surface area contributed by atoms with Gasteiger partial charge in [0.1, 0.15) is 53.1 Å². The Morgan fingerprint density at radius 3 is 2.42 bits per heavy atom. The van der Waals surface area contributed by atoms with Crippen molar-refractivity contribution >= 4 is 23.5 Å². The summed E-state index contributed by atoms with van der Waals surface area (Å²) in [4.78, 5) is 28.7. The minimum Gasteiger partial charge on any atom is -0.482 e. The van der Waals surface area contributed by atoms with E-state index in [2.05, 4.69) is 22.8 Å². The van der Waals surface area contributed by atoms with Gasteiger partial charge in [0, 0.05) is 47.4 Å². The van der Waals surface area contributed by atoms with Crippen LogP contribution in [0.2, 0.25) is 0 Å². The van der Waals surface area contributed by atoms with Crippen LogP contribution in [0.1, 0.15) is 97.8 Å². The lowest BCUT2D eigenvalue weighted by Gasteiger charge is -2.62. The molecular formula is C49H62N4O12. The number of hydrogen-bond acceptors (Lipinski definition) is 15. The van der Waals surface area contributed by atoms with Crippen LogP contribution in [0, 0.1) is 29.1 Å². The molecule has 5 fully saturated rings. The zero-order valence-corrected chi connectivity index (χ0v) is 38.3. The van der Waals surface area contributed by atoms with E-state index in [0.717, 1.165) is 11.1 Å². The average Bonchev–Trinajstić information content (AvgIpc) is 3.39. The summed E-state index contributed by atoms with van der Waals surface area (Å²) in [5, 5.41) is 69.6. The number of Topliss-reactive ketones (excluding diaryl/α,β-unsaturated/α-hetero) is 1. The minimum atomic E-state index is -1.79. The van der Waals surface area contributed by atoms with Gasteiger partial charge in [-0.05, 0) is 93.2 Å². The van der Waals surface area contributed by atoms with Crippen molar-refractivity contribution in [3.63, 3.8) is 0 Å². The smallest absolute Gasteiger partial charge is 0.246 e. The van der Waals surface area contributed by atoms with Crippen molar-refractivity contribution < 1.29 is 58.8 Å². The lowest BCUT2D eigenvalue weighted by Crippen LogP contribution is -2.75. The first-order chi connectivity index (χ1) is 30.7. The molecular weight excluding hydrogens is 837 g/mol. The van der Waals surface area contributed by atoms with E-state index in [1.165, 1.54) is 0 Å². The number of ether oxygens (including phenoxy) is 5. The number of carbonyl (C=O) groups excluding carboxylic acids is 2. The van der Waals surface area contributed by atoms with Crippen molar-refractivity contribution in [2.24, 2.45) is 23.5 Å². The molecule has 1 amide bonds. The molecule has 16 heteroatoms. The minimum absolute atomic E-state index is 0.0264. The lowest BCUT2D eigenvalue weighted by molar-refractivity contribution is -0.277. The van der Waals surface area contributed by atoms with Crippen LogP contribution in [0.4, 0.5) is 0 Å². The zero-order chi connectivity index (χ0) is 47.1. The Balaban J connectivity index is 1.44. The molecule has 9 N–H and O–H groups in total. The van der Waals surface area contributed by atoms with E-state index in [1.54, 1.807) is 13.0 Å². The number of carbonyl (C=O) groups is 2. The number of nitriles is 1. The van der Waals surface area contributed by atoms with Crippen molar-refractivity contribution in [2.75, 3.05) is 19.8 Å². The van der Waals surface area contributed by atoms with Gasteiger partial charge in [-0.25, -0.2) is 0 Å². The number of fused-ring (bicyclic) bond motifs is 3. The summed E-state index contributed by atoms with van der Waals surface area (Å²) in [6.45, 7) is 14.5. The van der Waals surface area contributed by atoms with Crippen LogP contribution in [-0.4, -0.2) is 110 Å². The number of amides is 1. The highest BCUT2D eigenvalue weighted by Gasteiger charge is 2.84. The van der Waals surface area contributed by atoms with Crippen molar-refractivity contribution in [1.29, 1.82) is 5.26 Å². The van der Waals surface area contributed by atoms with Gasteiger partial charge in [0.25, 0.3) is 0 Å². The van der Waals surface area contributed by atoms with Crippen LogP contribution in [0.5, 0.6) is 17.2 Å². The molecule has 3 saturated carbocycles. The predicted molar refractivity (Wildman–Crippen MR) is 237 cm³/mol. The molecule has 1 spiro atoms. The van der Waals surface area contributed by atoms with E-state index in [4.69, 9.17) is 29.4 Å². The summed E-state index contributed by atoms with van der Waals surface area (Å²) >= 11 is 0. The lowest BCUT2D eigenvalue weighted by atomic mass is 9.45. The van der Waals surface area contributed by atoms with Crippen molar-refractivity contribution in [2.45, 2.75) is 141 Å². The number of ketones is 1. The first-order valence-corrected chi connectivity index (χ1v) is 22.5. The number of allylic oxidation sites excluding steroid dienone is 5. The van der Waals surface area contributed by atoms with Gasteiger partial charge >= 0.3 is 0 Å². The van der Waals surface area contributed by atoms with E-state index in [9.17, 15) is 35.6 Å². The summed E-state index contributed by atoms with van der Waals surface area (Å²) in [6.07, 6.45) is 3.33. The number of benzene rings is 1. The van der Waals surface area contributed by atoms with Gasteiger partial charge in [-0.2, -0.15) is 5.26 Å². The Hall–Kier alpha value is -4.99. The number of dihydropyridines is 1. The summed E-state index contributed by atoms with van der Waals surface area (Å²) in [5.41, 5.74) is 6.60. The summed E-state index contributed by atoms with van der Waals surface area (Å²) in [7, 11) is 0. The molecule has 16 nitrogen and oxygen atoms in total. The third-order valence-corrected chi connectivity index (χ3v) is 14.3. The Labute approximate surface area is 379 Å². The van der Waals surface area contributed by atoms with Crippen molar-refractivity contribution in [3.05, 3.63) is 74.7 Å². The molecule has 5 aliphatic heterocycles. The standard InChI is InChI=1S/C49H62N4O12/c1-23(2)10-9-15-47(8)16-14-27-39(63-47)26(12-11-24(3)4)41-33(40(27)62-45-38(58)37(57)36(56)30(22-55)61-45)35-34-32(29(21-50)43(51)53-35)28-20-31-46(6,7)65-48(42(28)59,49(31,34)64-41)17-13-25(5)44(60)52-18-19-54/h10-11,13-14,16,28,30-32,36-38,45,53-58H,9,12,15,17-20,22,51H2,1-8H3,(H,52,60)/b25-13-/t28?,30-,31?,32?,36-,37+,38-,45+,47?,48?,49?/m0/s1. The quantitative estimate of drug-likeness (QED) is 0.105. The fourth-order valence-corrected chi connectivity index (χ4v) is 11.2. The molecule has 0 radical (unpaired) electrons. The monoisotopic (exact) mass is 898 g/mol. The summed E-state index contributed by atoms with van der Waals surface area (Å²) in [6, 6.07) is 2.29. The fourth-order valence-electron chi connectivity index (χ4n) is 11.2. The molecule has 65 heavy (non-hydrogen) atoms. The van der Waals surface area contributed by atoms with E-state index >= 15 is 4.79 Å². The third-order valence-electron chi connectivity index (χ3n) is 14.3. The summed E-state index contributed by atoms with van der Waals surface area (Å²) in [5.74, 6) is -2.06. The molecule has 350 valence electrons. The van der Waals surface area contributed by atoms with Gasteiger partial charge in [0.05, 0.1) is 47.3 Å². The average molecular weight is 899 g/mol. The number of hydrogen-bond donors (Lipinski definition) is 8. The fraction of sp³-hybridized carbons (Fsp3) is 0.571. The topological polar surface area (TPSA) is 255 Å². The maximum absolute atomic E-state index is 15.5. The summed E-state index contributed by atoms with van der Waals surface area (Å²) < 4.78 is 34.7.